The Morgan fingerprint density at radius 1 is 1.21 bits per heavy atom. The number of rotatable bonds is 5. The Morgan fingerprint density at radius 2 is 1.89 bits per heavy atom. The largest absolute Gasteiger partial charge is 0.310 e. The van der Waals surface area contributed by atoms with E-state index in [1.54, 1.807) is 12.1 Å². The van der Waals surface area contributed by atoms with Crippen molar-refractivity contribution in [2.24, 2.45) is 5.92 Å². The molecule has 0 heterocycles. The van der Waals surface area contributed by atoms with E-state index in [1.807, 2.05) is 12.1 Å². The zero-order chi connectivity index (χ0) is 13.9. The lowest BCUT2D eigenvalue weighted by Crippen LogP contribution is -2.31. The molecule has 19 heavy (non-hydrogen) atoms. The van der Waals surface area contributed by atoms with Gasteiger partial charge in [0.2, 0.25) is 0 Å². The first kappa shape index (κ1) is 14.5. The van der Waals surface area contributed by atoms with E-state index in [-0.39, 0.29) is 0 Å². The number of sulfone groups is 1. The van der Waals surface area contributed by atoms with Crippen LogP contribution in [-0.4, -0.2) is 20.7 Å². The summed E-state index contributed by atoms with van der Waals surface area (Å²) in [5.41, 5.74) is 1.15. The molecule has 0 amide bonds. The zero-order valence-electron chi connectivity index (χ0n) is 11.7. The molecule has 0 spiro atoms. The molecule has 1 aromatic carbocycles. The first-order valence-corrected chi connectivity index (χ1v) is 8.92. The molecular formula is C15H23NO2S. The van der Waals surface area contributed by atoms with Crippen LogP contribution < -0.4 is 5.32 Å². The van der Waals surface area contributed by atoms with Gasteiger partial charge in [-0.05, 0) is 36.5 Å². The maximum absolute atomic E-state index is 11.4. The van der Waals surface area contributed by atoms with Crippen molar-refractivity contribution >= 4 is 9.84 Å². The van der Waals surface area contributed by atoms with Gasteiger partial charge in [0.15, 0.2) is 9.84 Å². The Labute approximate surface area is 116 Å². The quantitative estimate of drug-likeness (QED) is 0.902. The Hall–Kier alpha value is -0.870. The number of hydrogen-bond donors (Lipinski definition) is 1. The molecule has 1 aromatic rings. The molecule has 0 aliphatic heterocycles. The molecular weight excluding hydrogens is 258 g/mol. The molecule has 2 atom stereocenters. The van der Waals surface area contributed by atoms with E-state index in [2.05, 4.69) is 12.2 Å². The first-order valence-electron chi connectivity index (χ1n) is 7.03. The molecule has 0 bridgehead atoms. The Morgan fingerprint density at radius 3 is 2.47 bits per heavy atom. The Bertz CT molecular complexity index is 507. The lowest BCUT2D eigenvalue weighted by Gasteiger charge is -2.19. The Kier molecular flexibility index (Phi) is 4.63. The minimum atomic E-state index is -3.08. The molecule has 4 heteroatoms. The highest BCUT2D eigenvalue weighted by Gasteiger charge is 2.24. The normalized spacial score (nSPS) is 23.7. The van der Waals surface area contributed by atoms with Gasteiger partial charge in [-0.1, -0.05) is 31.9 Å². The van der Waals surface area contributed by atoms with Crippen molar-refractivity contribution in [1.82, 2.24) is 5.32 Å². The average Bonchev–Trinajstić information content (AvgIpc) is 2.83. The molecule has 0 saturated heterocycles. The molecule has 2 rings (SSSR count). The smallest absolute Gasteiger partial charge is 0.175 e. The molecule has 1 aliphatic rings. The van der Waals surface area contributed by atoms with Gasteiger partial charge in [-0.3, -0.25) is 0 Å². The number of hydrogen-bond acceptors (Lipinski definition) is 3. The fourth-order valence-electron chi connectivity index (χ4n) is 2.90. The molecule has 1 saturated carbocycles. The minimum Gasteiger partial charge on any atom is -0.310 e. The molecule has 3 nitrogen and oxygen atoms in total. The van der Waals surface area contributed by atoms with E-state index in [1.165, 1.54) is 31.9 Å². The molecule has 1 fully saturated rings. The maximum Gasteiger partial charge on any atom is 0.175 e. The van der Waals surface area contributed by atoms with E-state index < -0.39 is 9.84 Å². The minimum absolute atomic E-state index is 0.392. The summed E-state index contributed by atoms with van der Waals surface area (Å²) in [6.07, 6.45) is 6.40. The second-order valence-corrected chi connectivity index (χ2v) is 7.52. The van der Waals surface area contributed by atoms with Gasteiger partial charge in [0.05, 0.1) is 4.90 Å². The van der Waals surface area contributed by atoms with Gasteiger partial charge < -0.3 is 5.32 Å². The summed E-state index contributed by atoms with van der Waals surface area (Å²) in [5, 5.41) is 3.61. The van der Waals surface area contributed by atoms with Gasteiger partial charge in [0, 0.05) is 18.8 Å². The van der Waals surface area contributed by atoms with E-state index in [0.29, 0.717) is 10.9 Å². The number of nitrogens with one attached hydrogen (secondary N) is 1. The standard InChI is InChI=1S/C15H23NO2S/c1-3-13-5-4-6-15(13)16-11-12-7-9-14(10-8-12)19(2,17)18/h7-10,13,15-16H,3-6,11H2,1-2H3. The lowest BCUT2D eigenvalue weighted by atomic mass is 10.0. The first-order chi connectivity index (χ1) is 9.00. The summed E-state index contributed by atoms with van der Waals surface area (Å²) in [5.74, 6) is 0.801. The highest BCUT2D eigenvalue weighted by atomic mass is 32.2. The van der Waals surface area contributed by atoms with Gasteiger partial charge in [-0.15, -0.1) is 0 Å². The summed E-state index contributed by atoms with van der Waals surface area (Å²) in [6.45, 7) is 3.08. The zero-order valence-corrected chi connectivity index (χ0v) is 12.5. The predicted molar refractivity (Wildman–Crippen MR) is 77.8 cm³/mol. The molecule has 106 valence electrons. The van der Waals surface area contributed by atoms with Gasteiger partial charge in [0.1, 0.15) is 0 Å². The second kappa shape index (κ2) is 6.06. The highest BCUT2D eigenvalue weighted by molar-refractivity contribution is 7.90. The van der Waals surface area contributed by atoms with Crippen LogP contribution in [-0.2, 0) is 16.4 Å². The summed E-state index contributed by atoms with van der Waals surface area (Å²) >= 11 is 0. The molecule has 2 unspecified atom stereocenters. The van der Waals surface area contributed by atoms with Crippen LogP contribution in [0.2, 0.25) is 0 Å². The van der Waals surface area contributed by atoms with Crippen LogP contribution in [0.25, 0.3) is 0 Å². The summed E-state index contributed by atoms with van der Waals surface area (Å²) in [6, 6.07) is 7.81. The molecule has 1 aliphatic carbocycles. The van der Waals surface area contributed by atoms with Crippen molar-refractivity contribution in [1.29, 1.82) is 0 Å². The predicted octanol–water partition coefficient (Wildman–Crippen LogP) is 2.76. The van der Waals surface area contributed by atoms with Gasteiger partial charge in [-0.25, -0.2) is 8.42 Å². The molecule has 0 radical (unpaired) electrons. The van der Waals surface area contributed by atoms with Crippen LogP contribution in [0, 0.1) is 5.92 Å². The van der Waals surface area contributed by atoms with Crippen molar-refractivity contribution in [3.63, 3.8) is 0 Å². The van der Waals surface area contributed by atoms with Crippen LogP contribution >= 0.6 is 0 Å². The van der Waals surface area contributed by atoms with Gasteiger partial charge in [-0.2, -0.15) is 0 Å². The van der Waals surface area contributed by atoms with Crippen molar-refractivity contribution < 1.29 is 8.42 Å². The van der Waals surface area contributed by atoms with E-state index in [0.717, 1.165) is 18.0 Å². The van der Waals surface area contributed by atoms with Gasteiger partial charge >= 0.3 is 0 Å². The van der Waals surface area contributed by atoms with Crippen molar-refractivity contribution in [2.45, 2.75) is 50.1 Å². The fraction of sp³-hybridized carbons (Fsp3) is 0.600. The Balaban J connectivity index is 1.93. The SMILES string of the molecule is CCC1CCCC1NCc1ccc(S(C)(=O)=O)cc1. The highest BCUT2D eigenvalue weighted by Crippen LogP contribution is 2.28. The summed E-state index contributed by atoms with van der Waals surface area (Å²) < 4.78 is 22.8. The topological polar surface area (TPSA) is 46.2 Å². The third kappa shape index (κ3) is 3.80. The summed E-state index contributed by atoms with van der Waals surface area (Å²) in [7, 11) is -3.08. The fourth-order valence-corrected chi connectivity index (χ4v) is 3.53. The van der Waals surface area contributed by atoms with Crippen molar-refractivity contribution in [3.8, 4) is 0 Å². The van der Waals surface area contributed by atoms with Gasteiger partial charge in [0.25, 0.3) is 0 Å². The third-order valence-corrected chi connectivity index (χ3v) is 5.23. The van der Waals surface area contributed by atoms with Crippen LogP contribution in [0.4, 0.5) is 0 Å². The third-order valence-electron chi connectivity index (χ3n) is 4.10. The van der Waals surface area contributed by atoms with E-state index >= 15 is 0 Å². The monoisotopic (exact) mass is 281 g/mol. The molecule has 1 N–H and O–H groups in total. The van der Waals surface area contributed by atoms with Crippen LogP contribution in [0.5, 0.6) is 0 Å². The number of benzene rings is 1. The lowest BCUT2D eigenvalue weighted by molar-refractivity contribution is 0.389. The van der Waals surface area contributed by atoms with Crippen LogP contribution in [0.1, 0.15) is 38.2 Å². The van der Waals surface area contributed by atoms with Crippen LogP contribution in [0.3, 0.4) is 0 Å². The van der Waals surface area contributed by atoms with Crippen LogP contribution in [0.15, 0.2) is 29.2 Å². The maximum atomic E-state index is 11.4. The second-order valence-electron chi connectivity index (χ2n) is 5.50. The van der Waals surface area contributed by atoms with E-state index in [4.69, 9.17) is 0 Å². The summed E-state index contributed by atoms with van der Waals surface area (Å²) in [4.78, 5) is 0.392. The van der Waals surface area contributed by atoms with Crippen molar-refractivity contribution in [3.05, 3.63) is 29.8 Å². The van der Waals surface area contributed by atoms with E-state index in [9.17, 15) is 8.42 Å². The average molecular weight is 281 g/mol. The molecule has 0 aromatic heterocycles. The van der Waals surface area contributed by atoms with Crippen molar-refractivity contribution in [2.75, 3.05) is 6.26 Å².